The van der Waals surface area contributed by atoms with Gasteiger partial charge in [-0.05, 0) is 25.7 Å². The maximum Gasteiger partial charge on any atom is 0.326 e. The number of unbranched alkanes of at least 4 members (excludes halogenated alkanes) is 5. The Kier molecular flexibility index (Phi) is 13.8. The van der Waals surface area contributed by atoms with Crippen molar-refractivity contribution in [2.45, 2.75) is 77.2 Å². The van der Waals surface area contributed by atoms with Crippen molar-refractivity contribution in [3.05, 3.63) is 12.2 Å². The van der Waals surface area contributed by atoms with Crippen molar-refractivity contribution < 1.29 is 24.6 Å². The molecule has 0 spiro atoms. The number of aliphatic carboxylic acids is 1. The van der Waals surface area contributed by atoms with Gasteiger partial charge in [0.1, 0.15) is 11.8 Å². The number of carboxylic acids is 1. The minimum atomic E-state index is -1.21. The van der Waals surface area contributed by atoms with Crippen LogP contribution in [0, 0.1) is 0 Å². The molecular weight excluding hydrogens is 310 g/mol. The van der Waals surface area contributed by atoms with E-state index in [2.05, 4.69) is 24.4 Å². The Morgan fingerprint density at radius 1 is 1.04 bits per heavy atom. The van der Waals surface area contributed by atoms with Crippen LogP contribution in [0.1, 0.15) is 71.1 Å². The molecule has 0 radical (unpaired) electrons. The fourth-order valence-corrected chi connectivity index (χ4v) is 2.30. The predicted octanol–water partition coefficient (Wildman–Crippen LogP) is 2.59. The molecule has 0 rings (SSSR count). The molecule has 6 heteroatoms. The van der Waals surface area contributed by atoms with Gasteiger partial charge in [0.05, 0.1) is 6.42 Å². The summed E-state index contributed by atoms with van der Waals surface area (Å²) in [5.74, 6) is -1.98. The Hall–Kier alpha value is -1.69. The van der Waals surface area contributed by atoms with Crippen LogP contribution in [0.15, 0.2) is 12.2 Å². The Morgan fingerprint density at radius 2 is 1.71 bits per heavy atom. The zero-order chi connectivity index (χ0) is 18.2. The molecule has 0 unspecified atom stereocenters. The lowest BCUT2D eigenvalue weighted by Gasteiger charge is -2.12. The van der Waals surface area contributed by atoms with Crippen LogP contribution in [0.5, 0.6) is 0 Å². The number of amides is 1. The van der Waals surface area contributed by atoms with Crippen molar-refractivity contribution in [2.75, 3.05) is 6.61 Å². The highest BCUT2D eigenvalue weighted by Gasteiger charge is 2.20. The molecule has 0 aliphatic heterocycles. The van der Waals surface area contributed by atoms with E-state index < -0.39 is 17.9 Å². The number of carbonyl (C=O) groups excluding carboxylic acids is 2. The largest absolute Gasteiger partial charge is 0.480 e. The van der Waals surface area contributed by atoms with Gasteiger partial charge in [-0.25, -0.2) is 4.79 Å². The zero-order valence-corrected chi connectivity index (χ0v) is 14.6. The molecule has 0 heterocycles. The summed E-state index contributed by atoms with van der Waals surface area (Å²) in [6.45, 7) is 1.78. The molecule has 0 aromatic carbocycles. The predicted molar refractivity (Wildman–Crippen MR) is 92.6 cm³/mol. The fraction of sp³-hybridized carbons (Fsp3) is 0.722. The molecule has 0 aromatic rings. The van der Waals surface area contributed by atoms with Crippen molar-refractivity contribution >= 4 is 17.7 Å². The molecule has 0 bridgehead atoms. The standard InChI is InChI=1S/C18H31NO5/c1-2-3-4-5-6-7-8-9-10-11-15(21)14-17(22)19-16(12-13-20)18(23)24/h3-4,16,20H,2,5-14H2,1H3,(H,19,22)(H,23,24)/t16-/m0/s1. The molecule has 0 saturated carbocycles. The van der Waals surface area contributed by atoms with Crippen LogP contribution in [0.25, 0.3) is 0 Å². The minimum absolute atomic E-state index is 0.0668. The summed E-state index contributed by atoms with van der Waals surface area (Å²) < 4.78 is 0. The SMILES string of the molecule is CCC=CCCCCCCCC(=O)CC(=O)N[C@@H](CCO)C(=O)O. The molecule has 6 nitrogen and oxygen atoms in total. The van der Waals surface area contributed by atoms with Gasteiger partial charge in [0.25, 0.3) is 0 Å². The van der Waals surface area contributed by atoms with Crippen molar-refractivity contribution in [3.8, 4) is 0 Å². The molecule has 1 amide bonds. The number of ketones is 1. The van der Waals surface area contributed by atoms with E-state index in [0.29, 0.717) is 6.42 Å². The molecule has 0 aliphatic rings. The number of carboxylic acid groups (broad SMARTS) is 1. The number of nitrogens with one attached hydrogen (secondary N) is 1. The van der Waals surface area contributed by atoms with E-state index in [1.807, 2.05) is 0 Å². The van der Waals surface area contributed by atoms with E-state index >= 15 is 0 Å². The molecule has 1 atom stereocenters. The lowest BCUT2D eigenvalue weighted by Crippen LogP contribution is -2.42. The summed E-state index contributed by atoms with van der Waals surface area (Å²) in [4.78, 5) is 34.2. The minimum Gasteiger partial charge on any atom is -0.480 e. The van der Waals surface area contributed by atoms with Crippen LogP contribution in [-0.2, 0) is 14.4 Å². The van der Waals surface area contributed by atoms with E-state index in [9.17, 15) is 14.4 Å². The Bertz CT molecular complexity index is 406. The molecule has 0 saturated heterocycles. The fourth-order valence-electron chi connectivity index (χ4n) is 2.30. The van der Waals surface area contributed by atoms with Gasteiger partial charge in [-0.15, -0.1) is 0 Å². The van der Waals surface area contributed by atoms with E-state index in [0.717, 1.165) is 44.9 Å². The summed E-state index contributed by atoms with van der Waals surface area (Å²) in [5, 5.41) is 19.9. The third-order valence-corrected chi connectivity index (χ3v) is 3.64. The van der Waals surface area contributed by atoms with Crippen LogP contribution in [0.3, 0.4) is 0 Å². The van der Waals surface area contributed by atoms with Gasteiger partial charge in [0.2, 0.25) is 5.91 Å². The molecular formula is C18H31NO5. The van der Waals surface area contributed by atoms with Gasteiger partial charge < -0.3 is 15.5 Å². The molecule has 0 aromatic heterocycles. The number of allylic oxidation sites excluding steroid dienone is 2. The van der Waals surface area contributed by atoms with E-state index in [1.165, 1.54) is 0 Å². The van der Waals surface area contributed by atoms with E-state index in [4.69, 9.17) is 10.2 Å². The number of carbonyl (C=O) groups is 3. The van der Waals surface area contributed by atoms with Crippen LogP contribution < -0.4 is 5.32 Å². The maximum atomic E-state index is 11.7. The number of rotatable bonds is 15. The van der Waals surface area contributed by atoms with Crippen LogP contribution in [0.2, 0.25) is 0 Å². The summed E-state index contributed by atoms with van der Waals surface area (Å²) >= 11 is 0. The summed E-state index contributed by atoms with van der Waals surface area (Å²) in [6, 6.07) is -1.14. The molecule has 0 fully saturated rings. The van der Waals surface area contributed by atoms with E-state index in [-0.39, 0.29) is 25.2 Å². The maximum absolute atomic E-state index is 11.7. The average molecular weight is 341 g/mol. The Balaban J connectivity index is 3.72. The zero-order valence-electron chi connectivity index (χ0n) is 14.6. The molecule has 24 heavy (non-hydrogen) atoms. The summed E-state index contributed by atoms with van der Waals surface area (Å²) in [7, 11) is 0. The van der Waals surface area contributed by atoms with Crippen molar-refractivity contribution in [1.82, 2.24) is 5.32 Å². The van der Waals surface area contributed by atoms with E-state index in [1.54, 1.807) is 0 Å². The number of Topliss-reactive ketones (excluding diaryl/α,β-unsaturated/α-hetero) is 1. The first-order valence-corrected chi connectivity index (χ1v) is 8.81. The normalized spacial score (nSPS) is 12.2. The number of aliphatic hydroxyl groups excluding tert-OH is 1. The van der Waals surface area contributed by atoms with Crippen molar-refractivity contribution in [2.24, 2.45) is 0 Å². The smallest absolute Gasteiger partial charge is 0.326 e. The first-order valence-electron chi connectivity index (χ1n) is 8.81. The molecule has 138 valence electrons. The number of aliphatic hydroxyl groups is 1. The second-order valence-electron chi connectivity index (χ2n) is 5.87. The molecule has 0 aliphatic carbocycles. The Morgan fingerprint density at radius 3 is 2.33 bits per heavy atom. The topological polar surface area (TPSA) is 104 Å². The van der Waals surface area contributed by atoms with Gasteiger partial charge >= 0.3 is 5.97 Å². The third-order valence-electron chi connectivity index (χ3n) is 3.64. The second kappa shape index (κ2) is 14.9. The lowest BCUT2D eigenvalue weighted by atomic mass is 10.1. The number of hydrogen-bond acceptors (Lipinski definition) is 4. The van der Waals surface area contributed by atoms with Gasteiger partial charge in [-0.3, -0.25) is 9.59 Å². The monoisotopic (exact) mass is 341 g/mol. The summed E-state index contributed by atoms with van der Waals surface area (Å²) in [5.41, 5.74) is 0. The number of hydrogen-bond donors (Lipinski definition) is 3. The lowest BCUT2D eigenvalue weighted by molar-refractivity contribution is -0.143. The highest BCUT2D eigenvalue weighted by molar-refractivity contribution is 5.99. The van der Waals surface area contributed by atoms with Crippen molar-refractivity contribution in [3.63, 3.8) is 0 Å². The highest BCUT2D eigenvalue weighted by atomic mass is 16.4. The summed E-state index contributed by atoms with van der Waals surface area (Å²) in [6.07, 6.45) is 11.6. The quantitative estimate of drug-likeness (QED) is 0.241. The third kappa shape index (κ3) is 12.8. The highest BCUT2D eigenvalue weighted by Crippen LogP contribution is 2.09. The van der Waals surface area contributed by atoms with Gasteiger partial charge in [-0.2, -0.15) is 0 Å². The first-order chi connectivity index (χ1) is 11.5. The van der Waals surface area contributed by atoms with Crippen LogP contribution in [-0.4, -0.2) is 40.5 Å². The van der Waals surface area contributed by atoms with Gasteiger partial charge in [0.15, 0.2) is 0 Å². The van der Waals surface area contributed by atoms with Gasteiger partial charge in [0, 0.05) is 19.4 Å². The second-order valence-corrected chi connectivity index (χ2v) is 5.87. The Labute approximate surface area is 144 Å². The van der Waals surface area contributed by atoms with Crippen molar-refractivity contribution in [1.29, 1.82) is 0 Å². The first kappa shape index (κ1) is 22.3. The van der Waals surface area contributed by atoms with Gasteiger partial charge in [-0.1, -0.05) is 38.3 Å². The molecule has 3 N–H and O–H groups in total. The van der Waals surface area contributed by atoms with Crippen LogP contribution in [0.4, 0.5) is 0 Å². The average Bonchev–Trinajstić information content (AvgIpc) is 2.52. The van der Waals surface area contributed by atoms with Crippen LogP contribution >= 0.6 is 0 Å².